The Morgan fingerprint density at radius 3 is 2.21 bits per heavy atom. The molecule has 3 nitrogen and oxygen atoms in total. The molecule has 0 saturated heterocycles. The number of aromatic nitrogens is 2. The zero-order valence-corrected chi connectivity index (χ0v) is 7.76. The van der Waals surface area contributed by atoms with E-state index in [1.165, 1.54) is 0 Å². The van der Waals surface area contributed by atoms with Crippen molar-refractivity contribution in [2.45, 2.75) is 26.1 Å². The maximum absolute atomic E-state index is 12.1. The molecule has 14 heavy (non-hydrogen) atoms. The van der Waals surface area contributed by atoms with Gasteiger partial charge in [-0.1, -0.05) is 0 Å². The maximum Gasteiger partial charge on any atom is 0.434 e. The summed E-state index contributed by atoms with van der Waals surface area (Å²) in [5.74, 6) is 0.341. The Kier molecular flexibility index (Phi) is 2.93. The Labute approximate surface area is 79.4 Å². The predicted octanol–water partition coefficient (Wildman–Crippen LogP) is 2.32. The van der Waals surface area contributed by atoms with Gasteiger partial charge in [0.05, 0.1) is 12.4 Å². The van der Waals surface area contributed by atoms with Gasteiger partial charge in [-0.05, 0) is 13.8 Å². The van der Waals surface area contributed by atoms with Crippen LogP contribution in [0, 0.1) is 0 Å². The largest absolute Gasteiger partial charge is 0.434 e. The highest BCUT2D eigenvalue weighted by Gasteiger charge is 2.32. The Balaban J connectivity index is 2.79. The molecule has 0 fully saturated rings. The second kappa shape index (κ2) is 3.81. The molecule has 1 rings (SSSR count). The highest BCUT2D eigenvalue weighted by atomic mass is 19.4. The molecule has 0 aromatic carbocycles. The van der Waals surface area contributed by atoms with E-state index >= 15 is 0 Å². The number of anilines is 1. The molecule has 0 bridgehead atoms. The van der Waals surface area contributed by atoms with Crippen molar-refractivity contribution in [3.05, 3.63) is 18.1 Å². The highest BCUT2D eigenvalue weighted by molar-refractivity contribution is 5.32. The van der Waals surface area contributed by atoms with Gasteiger partial charge in [-0.2, -0.15) is 13.2 Å². The fourth-order valence-corrected chi connectivity index (χ4v) is 0.845. The summed E-state index contributed by atoms with van der Waals surface area (Å²) in [6.07, 6.45) is -2.64. The van der Waals surface area contributed by atoms with E-state index in [9.17, 15) is 13.2 Å². The molecule has 0 radical (unpaired) electrons. The van der Waals surface area contributed by atoms with Gasteiger partial charge in [-0.3, -0.25) is 0 Å². The van der Waals surface area contributed by atoms with Crippen molar-refractivity contribution in [3.63, 3.8) is 0 Å². The van der Waals surface area contributed by atoms with Gasteiger partial charge < -0.3 is 5.32 Å². The van der Waals surface area contributed by atoms with Crippen LogP contribution in [0.5, 0.6) is 0 Å². The number of nitrogens with zero attached hydrogens (tertiary/aromatic N) is 2. The molecular formula is C8H10F3N3. The molecule has 1 aromatic rings. The lowest BCUT2D eigenvalue weighted by molar-refractivity contribution is -0.141. The molecule has 0 saturated carbocycles. The summed E-state index contributed by atoms with van der Waals surface area (Å²) in [5, 5.41) is 2.84. The summed E-state index contributed by atoms with van der Waals surface area (Å²) in [6.45, 7) is 3.72. The molecule has 0 atom stereocenters. The molecular weight excluding hydrogens is 195 g/mol. The van der Waals surface area contributed by atoms with Crippen LogP contribution in [0.15, 0.2) is 12.4 Å². The summed E-state index contributed by atoms with van der Waals surface area (Å²) in [4.78, 5) is 6.84. The third-order valence-electron chi connectivity index (χ3n) is 1.38. The standard InChI is InChI=1S/C8H10F3N3/c1-5(2)14-7-4-12-6(3-13-7)8(9,10)11/h3-5H,1-2H3,(H,13,14). The van der Waals surface area contributed by atoms with Crippen LogP contribution in [0.25, 0.3) is 0 Å². The molecule has 0 aliphatic rings. The van der Waals surface area contributed by atoms with Gasteiger partial charge in [0.2, 0.25) is 0 Å². The van der Waals surface area contributed by atoms with Crippen molar-refractivity contribution in [1.82, 2.24) is 9.97 Å². The van der Waals surface area contributed by atoms with Gasteiger partial charge in [-0.25, -0.2) is 9.97 Å². The van der Waals surface area contributed by atoms with E-state index in [0.717, 1.165) is 6.20 Å². The van der Waals surface area contributed by atoms with E-state index in [1.54, 1.807) is 0 Å². The summed E-state index contributed by atoms with van der Waals surface area (Å²) in [5.41, 5.74) is -0.980. The molecule has 78 valence electrons. The van der Waals surface area contributed by atoms with Crippen molar-refractivity contribution in [2.24, 2.45) is 0 Å². The van der Waals surface area contributed by atoms with E-state index in [2.05, 4.69) is 15.3 Å². The average Bonchev–Trinajstić information content (AvgIpc) is 2.02. The second-order valence-corrected chi connectivity index (χ2v) is 3.08. The van der Waals surface area contributed by atoms with Crippen LogP contribution in [0.4, 0.5) is 19.0 Å². The van der Waals surface area contributed by atoms with E-state index in [0.29, 0.717) is 12.0 Å². The molecule has 0 aliphatic heterocycles. The number of hydrogen-bond acceptors (Lipinski definition) is 3. The smallest absolute Gasteiger partial charge is 0.367 e. The molecule has 6 heteroatoms. The van der Waals surface area contributed by atoms with Crippen molar-refractivity contribution in [2.75, 3.05) is 5.32 Å². The number of nitrogens with one attached hydrogen (secondary N) is 1. The first kappa shape index (κ1) is 10.7. The van der Waals surface area contributed by atoms with Crippen LogP contribution in [-0.2, 0) is 6.18 Å². The monoisotopic (exact) mass is 205 g/mol. The molecule has 1 N–H and O–H groups in total. The van der Waals surface area contributed by atoms with Gasteiger partial charge in [0, 0.05) is 6.04 Å². The van der Waals surface area contributed by atoms with Crippen LogP contribution in [0.2, 0.25) is 0 Å². The molecule has 0 unspecified atom stereocenters. The fourth-order valence-electron chi connectivity index (χ4n) is 0.845. The number of alkyl halides is 3. The average molecular weight is 205 g/mol. The van der Waals surface area contributed by atoms with Gasteiger partial charge in [0.1, 0.15) is 5.82 Å². The van der Waals surface area contributed by atoms with Crippen molar-refractivity contribution < 1.29 is 13.2 Å². The van der Waals surface area contributed by atoms with E-state index in [4.69, 9.17) is 0 Å². The van der Waals surface area contributed by atoms with Crippen LogP contribution in [-0.4, -0.2) is 16.0 Å². The minimum Gasteiger partial charge on any atom is -0.367 e. The molecule has 0 aliphatic carbocycles. The Bertz CT molecular complexity index is 292. The normalized spacial score (nSPS) is 11.9. The molecule has 1 heterocycles. The third-order valence-corrected chi connectivity index (χ3v) is 1.38. The summed E-state index contributed by atoms with van der Waals surface area (Å²) >= 11 is 0. The van der Waals surface area contributed by atoms with Crippen molar-refractivity contribution >= 4 is 5.82 Å². The first-order valence-electron chi connectivity index (χ1n) is 4.05. The first-order chi connectivity index (χ1) is 6.39. The number of halogens is 3. The van der Waals surface area contributed by atoms with E-state index < -0.39 is 11.9 Å². The topological polar surface area (TPSA) is 37.8 Å². The first-order valence-corrected chi connectivity index (χ1v) is 4.05. The zero-order valence-electron chi connectivity index (χ0n) is 7.76. The zero-order chi connectivity index (χ0) is 10.8. The SMILES string of the molecule is CC(C)Nc1cnc(C(F)(F)F)cn1. The van der Waals surface area contributed by atoms with E-state index in [1.807, 2.05) is 13.8 Å². The van der Waals surface area contributed by atoms with Crippen LogP contribution in [0.3, 0.4) is 0 Å². The van der Waals surface area contributed by atoms with E-state index in [-0.39, 0.29) is 6.04 Å². The van der Waals surface area contributed by atoms with Crippen molar-refractivity contribution in [1.29, 1.82) is 0 Å². The third kappa shape index (κ3) is 2.86. The summed E-state index contributed by atoms with van der Waals surface area (Å²) < 4.78 is 36.2. The lowest BCUT2D eigenvalue weighted by Crippen LogP contribution is -2.13. The van der Waals surface area contributed by atoms with Crippen LogP contribution < -0.4 is 5.32 Å². The minimum atomic E-state index is -4.43. The predicted molar refractivity (Wildman–Crippen MR) is 45.8 cm³/mol. The molecule has 0 amide bonds. The molecule has 1 aromatic heterocycles. The van der Waals surface area contributed by atoms with Gasteiger partial charge in [0.15, 0.2) is 5.69 Å². The summed E-state index contributed by atoms with van der Waals surface area (Å²) in [7, 11) is 0. The Morgan fingerprint density at radius 1 is 1.21 bits per heavy atom. The fraction of sp³-hybridized carbons (Fsp3) is 0.500. The van der Waals surface area contributed by atoms with Crippen molar-refractivity contribution in [3.8, 4) is 0 Å². The number of hydrogen-bond donors (Lipinski definition) is 1. The van der Waals surface area contributed by atoms with Crippen LogP contribution >= 0.6 is 0 Å². The second-order valence-electron chi connectivity index (χ2n) is 3.08. The quantitative estimate of drug-likeness (QED) is 0.805. The van der Waals surface area contributed by atoms with Gasteiger partial charge >= 0.3 is 6.18 Å². The Morgan fingerprint density at radius 2 is 1.86 bits per heavy atom. The van der Waals surface area contributed by atoms with Gasteiger partial charge in [0.25, 0.3) is 0 Å². The molecule has 0 spiro atoms. The Hall–Kier alpha value is -1.33. The maximum atomic E-state index is 12.1. The summed E-state index contributed by atoms with van der Waals surface area (Å²) in [6, 6.07) is 0.112. The van der Waals surface area contributed by atoms with Gasteiger partial charge in [-0.15, -0.1) is 0 Å². The number of rotatable bonds is 2. The minimum absolute atomic E-state index is 0.112. The lowest BCUT2D eigenvalue weighted by atomic mass is 10.4. The van der Waals surface area contributed by atoms with Crippen LogP contribution in [0.1, 0.15) is 19.5 Å². The highest BCUT2D eigenvalue weighted by Crippen LogP contribution is 2.26. The lowest BCUT2D eigenvalue weighted by Gasteiger charge is -2.09.